The van der Waals surface area contributed by atoms with Crippen molar-refractivity contribution in [1.29, 1.82) is 0 Å². The largest absolute Gasteiger partial charge is 0.497 e. The van der Waals surface area contributed by atoms with Crippen molar-refractivity contribution in [2.45, 2.75) is 11.3 Å². The molecular weight excluding hydrogens is 385 g/mol. The fraction of sp³-hybridized carbons (Fsp3) is 0.250. The maximum Gasteiger partial charge on any atom is 0.453 e. The topological polar surface area (TPSA) is 52.3 Å². The lowest BCUT2D eigenvalue weighted by molar-refractivity contribution is -0.147. The van der Waals surface area contributed by atoms with E-state index in [1.807, 2.05) is 0 Å². The van der Waals surface area contributed by atoms with Crippen LogP contribution >= 0.6 is 28.7 Å². The number of aromatic nitrogens is 3. The molecule has 0 N–H and O–H groups in total. The number of benzene rings is 1. The molecule has 1 aromatic carbocycles. The van der Waals surface area contributed by atoms with Gasteiger partial charge in [0.05, 0.1) is 12.8 Å². The Kier molecular flexibility index (Phi) is 4.81. The van der Waals surface area contributed by atoms with E-state index < -0.39 is 12.0 Å². The first-order valence-electron chi connectivity index (χ1n) is 5.87. The number of alkyl halides is 3. The average molecular weight is 395 g/mol. The van der Waals surface area contributed by atoms with Gasteiger partial charge >= 0.3 is 6.18 Å². The first-order valence-corrected chi connectivity index (χ1v) is 6.85. The summed E-state index contributed by atoms with van der Waals surface area (Å²) < 4.78 is 44.2. The number of thioether (sulfide) groups is 1. The van der Waals surface area contributed by atoms with Crippen molar-refractivity contribution in [2.75, 3.05) is 12.9 Å². The van der Waals surface area contributed by atoms with Crippen LogP contribution in [0.15, 0.2) is 34.5 Å². The van der Waals surface area contributed by atoms with Gasteiger partial charge in [0.1, 0.15) is 5.75 Å². The molecule has 0 fully saturated rings. The van der Waals surface area contributed by atoms with Gasteiger partial charge in [-0.1, -0.05) is 11.8 Å². The molecule has 2 heterocycles. The molecule has 0 saturated heterocycles. The predicted octanol–water partition coefficient (Wildman–Crippen LogP) is 3.24. The number of fused-ring (bicyclic) bond motifs is 1. The monoisotopic (exact) mass is 394 g/mol. The Labute approximate surface area is 138 Å². The van der Waals surface area contributed by atoms with Crippen molar-refractivity contribution >= 4 is 34.5 Å². The Morgan fingerprint density at radius 3 is 2.45 bits per heavy atom. The molecule has 0 saturated carbocycles. The van der Waals surface area contributed by atoms with E-state index in [2.05, 4.69) is 15.3 Å². The number of ether oxygens (including phenoxy) is 1. The number of hydrogen-bond acceptors (Lipinski definition) is 5. The van der Waals surface area contributed by atoms with Gasteiger partial charge in [0.2, 0.25) is 5.16 Å². The van der Waals surface area contributed by atoms with E-state index in [4.69, 9.17) is 4.74 Å². The highest BCUT2D eigenvalue weighted by Crippen LogP contribution is 2.32. The molecule has 0 aliphatic carbocycles. The smallest absolute Gasteiger partial charge is 0.453 e. The lowest BCUT2D eigenvalue weighted by atomic mass is 10.1. The summed E-state index contributed by atoms with van der Waals surface area (Å²) in [5, 5.41) is 10.8. The molecule has 1 aliphatic rings. The van der Waals surface area contributed by atoms with Gasteiger partial charge in [-0.25, -0.2) is 0 Å². The lowest BCUT2D eigenvalue weighted by Gasteiger charge is -2.14. The molecule has 1 aromatic heterocycles. The Balaban J connectivity index is 0.00000176. The second-order valence-corrected chi connectivity index (χ2v) is 5.12. The predicted molar refractivity (Wildman–Crippen MR) is 81.0 cm³/mol. The summed E-state index contributed by atoms with van der Waals surface area (Å²) in [6, 6.07) is 6.96. The molecular formula is C12H10BrF3N4OS. The van der Waals surface area contributed by atoms with Crippen molar-refractivity contribution in [3.8, 4) is 5.75 Å². The zero-order chi connectivity index (χ0) is 15.0. The molecule has 0 bridgehead atoms. The summed E-state index contributed by atoms with van der Waals surface area (Å²) in [7, 11) is 1.54. The number of halogens is 4. The molecule has 22 heavy (non-hydrogen) atoms. The highest BCUT2D eigenvalue weighted by atomic mass is 79.9. The van der Waals surface area contributed by atoms with Gasteiger partial charge in [-0.15, -0.1) is 27.2 Å². The van der Waals surface area contributed by atoms with Gasteiger partial charge < -0.3 is 4.74 Å². The van der Waals surface area contributed by atoms with Crippen LogP contribution in [-0.4, -0.2) is 33.4 Å². The van der Waals surface area contributed by atoms with Gasteiger partial charge in [0, 0.05) is 5.75 Å². The second-order valence-electron chi connectivity index (χ2n) is 4.18. The van der Waals surface area contributed by atoms with Crippen molar-refractivity contribution in [3.05, 3.63) is 35.7 Å². The summed E-state index contributed by atoms with van der Waals surface area (Å²) in [5.41, 5.74) is 1.26. The minimum absolute atomic E-state index is 0. The standard InChI is InChI=1S/C12H9F3N4OS.BrH/c1-20-8-4-2-7(3-5-8)9-6-21-11-17-16-10(12(13,14)15)19(11)18-9;/h2-5H,6H2,1H3;1H. The lowest BCUT2D eigenvalue weighted by Crippen LogP contribution is -2.18. The van der Waals surface area contributed by atoms with Crippen molar-refractivity contribution in [2.24, 2.45) is 5.10 Å². The summed E-state index contributed by atoms with van der Waals surface area (Å²) in [6.45, 7) is 0. The summed E-state index contributed by atoms with van der Waals surface area (Å²) in [5.74, 6) is -0.0121. The summed E-state index contributed by atoms with van der Waals surface area (Å²) in [4.78, 5) is 0. The first kappa shape index (κ1) is 16.8. The van der Waals surface area contributed by atoms with Crippen molar-refractivity contribution in [3.63, 3.8) is 0 Å². The van der Waals surface area contributed by atoms with Gasteiger partial charge in [0.25, 0.3) is 5.82 Å². The fourth-order valence-corrected chi connectivity index (χ4v) is 2.67. The van der Waals surface area contributed by atoms with E-state index in [1.54, 1.807) is 31.4 Å². The number of nitrogens with zero attached hydrogens (tertiary/aromatic N) is 4. The highest BCUT2D eigenvalue weighted by molar-refractivity contribution is 8.93. The third kappa shape index (κ3) is 3.12. The van der Waals surface area contributed by atoms with Crippen LogP contribution in [0.1, 0.15) is 11.4 Å². The Hall–Kier alpha value is -1.55. The Morgan fingerprint density at radius 1 is 1.18 bits per heavy atom. The van der Waals surface area contributed by atoms with Crippen LogP contribution in [0.4, 0.5) is 13.2 Å². The molecule has 0 amide bonds. The van der Waals surface area contributed by atoms with E-state index >= 15 is 0 Å². The van der Waals surface area contributed by atoms with Crippen LogP contribution in [0.3, 0.4) is 0 Å². The zero-order valence-corrected chi connectivity index (χ0v) is 13.7. The second kappa shape index (κ2) is 6.29. The van der Waals surface area contributed by atoms with Gasteiger partial charge in [-0.2, -0.15) is 22.9 Å². The first-order chi connectivity index (χ1) is 9.99. The van der Waals surface area contributed by atoms with Gasteiger partial charge in [-0.05, 0) is 29.8 Å². The fourth-order valence-electron chi connectivity index (χ4n) is 1.83. The van der Waals surface area contributed by atoms with E-state index in [0.717, 1.165) is 10.2 Å². The van der Waals surface area contributed by atoms with E-state index in [9.17, 15) is 13.2 Å². The molecule has 1 aliphatic heterocycles. The molecule has 0 radical (unpaired) electrons. The van der Waals surface area contributed by atoms with E-state index in [0.29, 0.717) is 17.2 Å². The molecule has 118 valence electrons. The molecule has 2 aromatic rings. The SMILES string of the molecule is Br.COc1ccc(C2=Nn3c(nnc3C(F)(F)F)SC2)cc1. The van der Waals surface area contributed by atoms with Gasteiger partial charge in [-0.3, -0.25) is 0 Å². The van der Waals surface area contributed by atoms with Gasteiger partial charge in [0.15, 0.2) is 0 Å². The van der Waals surface area contributed by atoms with Crippen LogP contribution < -0.4 is 4.74 Å². The molecule has 0 atom stereocenters. The maximum atomic E-state index is 12.8. The molecule has 0 spiro atoms. The van der Waals surface area contributed by atoms with Crippen LogP contribution in [0.2, 0.25) is 0 Å². The normalized spacial score (nSPS) is 13.9. The van der Waals surface area contributed by atoms with Crippen LogP contribution in [0, 0.1) is 0 Å². The third-order valence-electron chi connectivity index (χ3n) is 2.85. The number of hydrogen-bond donors (Lipinski definition) is 0. The van der Waals surface area contributed by atoms with E-state index in [-0.39, 0.29) is 22.1 Å². The highest BCUT2D eigenvalue weighted by Gasteiger charge is 2.39. The summed E-state index contributed by atoms with van der Waals surface area (Å²) >= 11 is 1.17. The minimum atomic E-state index is -4.59. The molecule has 5 nitrogen and oxygen atoms in total. The Morgan fingerprint density at radius 2 is 1.86 bits per heavy atom. The Bertz CT molecular complexity index is 699. The van der Waals surface area contributed by atoms with Crippen LogP contribution in [-0.2, 0) is 6.18 Å². The average Bonchev–Trinajstić information content (AvgIpc) is 2.90. The quantitative estimate of drug-likeness (QED) is 0.784. The minimum Gasteiger partial charge on any atom is -0.497 e. The molecule has 3 rings (SSSR count). The molecule has 0 unspecified atom stereocenters. The van der Waals surface area contributed by atoms with Crippen LogP contribution in [0.25, 0.3) is 0 Å². The van der Waals surface area contributed by atoms with Crippen LogP contribution in [0.5, 0.6) is 5.75 Å². The van der Waals surface area contributed by atoms with Crippen molar-refractivity contribution < 1.29 is 17.9 Å². The number of methoxy groups -OCH3 is 1. The maximum absolute atomic E-state index is 12.8. The van der Waals surface area contributed by atoms with Crippen molar-refractivity contribution in [1.82, 2.24) is 14.9 Å². The zero-order valence-electron chi connectivity index (χ0n) is 11.2. The molecule has 10 heteroatoms. The number of rotatable bonds is 2. The van der Waals surface area contributed by atoms with E-state index in [1.165, 1.54) is 11.8 Å². The third-order valence-corrected chi connectivity index (χ3v) is 3.78. The summed E-state index contributed by atoms with van der Waals surface area (Å²) in [6.07, 6.45) is -4.59.